The highest BCUT2D eigenvalue weighted by Crippen LogP contribution is 2.24. The van der Waals surface area contributed by atoms with Gasteiger partial charge >= 0.3 is 0 Å². The van der Waals surface area contributed by atoms with Crippen molar-refractivity contribution in [3.05, 3.63) is 45.4 Å². The van der Waals surface area contributed by atoms with Gasteiger partial charge in [-0.15, -0.1) is 6.58 Å². The fraction of sp³-hybridized carbons (Fsp3) is 0.111. The van der Waals surface area contributed by atoms with E-state index in [0.29, 0.717) is 0 Å². The van der Waals surface area contributed by atoms with Crippen LogP contribution in [0.4, 0.5) is 0 Å². The molecule has 70 valence electrons. The van der Waals surface area contributed by atoms with E-state index in [9.17, 15) is 0 Å². The molecule has 0 aliphatic rings. The van der Waals surface area contributed by atoms with Crippen molar-refractivity contribution in [2.75, 3.05) is 0 Å². The zero-order chi connectivity index (χ0) is 9.84. The van der Waals surface area contributed by atoms with Crippen molar-refractivity contribution >= 4 is 31.9 Å². The number of benzene rings is 1. The van der Waals surface area contributed by atoms with Crippen LogP contribution in [0.2, 0.25) is 0 Å². The molecule has 1 atom stereocenters. The maximum Gasteiger partial charge on any atom is 0.0638 e. The molecule has 2 nitrogen and oxygen atoms in total. The van der Waals surface area contributed by atoms with E-state index in [1.807, 2.05) is 18.2 Å². The van der Waals surface area contributed by atoms with Crippen molar-refractivity contribution < 1.29 is 0 Å². The van der Waals surface area contributed by atoms with E-state index in [1.165, 1.54) is 0 Å². The Bertz CT molecular complexity index is 292. The molecular weight excluding hydrogens is 296 g/mol. The smallest absolute Gasteiger partial charge is 0.0638 e. The molecule has 1 aromatic carbocycles. The van der Waals surface area contributed by atoms with E-state index in [1.54, 1.807) is 6.08 Å². The largest absolute Gasteiger partial charge is 0.271 e. The first-order chi connectivity index (χ1) is 6.17. The van der Waals surface area contributed by atoms with E-state index in [-0.39, 0.29) is 6.04 Å². The Morgan fingerprint density at radius 3 is 2.23 bits per heavy atom. The zero-order valence-corrected chi connectivity index (χ0v) is 10.1. The molecule has 0 heterocycles. The van der Waals surface area contributed by atoms with Crippen LogP contribution >= 0.6 is 31.9 Å². The van der Waals surface area contributed by atoms with Gasteiger partial charge in [0.2, 0.25) is 0 Å². The number of hydrogen-bond acceptors (Lipinski definition) is 2. The molecule has 0 amide bonds. The first-order valence-corrected chi connectivity index (χ1v) is 5.30. The lowest BCUT2D eigenvalue weighted by molar-refractivity contribution is 0.656. The SMILES string of the molecule is C=CC(NN)c1cc(Br)cc(Br)c1. The van der Waals surface area contributed by atoms with Gasteiger partial charge in [0.1, 0.15) is 0 Å². The van der Waals surface area contributed by atoms with Gasteiger partial charge in [0, 0.05) is 8.95 Å². The van der Waals surface area contributed by atoms with Crippen molar-refractivity contribution in [2.24, 2.45) is 5.84 Å². The third-order valence-corrected chi connectivity index (χ3v) is 2.57. The molecule has 4 heteroatoms. The van der Waals surface area contributed by atoms with Gasteiger partial charge < -0.3 is 0 Å². The van der Waals surface area contributed by atoms with Gasteiger partial charge in [-0.25, -0.2) is 5.43 Å². The van der Waals surface area contributed by atoms with Crippen molar-refractivity contribution in [3.63, 3.8) is 0 Å². The Labute approximate surface area is 94.4 Å². The van der Waals surface area contributed by atoms with Crippen LogP contribution < -0.4 is 11.3 Å². The Kier molecular flexibility index (Phi) is 4.12. The number of nitrogens with two attached hydrogens (primary N) is 1. The van der Waals surface area contributed by atoms with Gasteiger partial charge in [-0.05, 0) is 23.8 Å². The monoisotopic (exact) mass is 304 g/mol. The minimum absolute atomic E-state index is 0.0196. The zero-order valence-electron chi connectivity index (χ0n) is 6.93. The van der Waals surface area contributed by atoms with Crippen LogP contribution in [0.15, 0.2) is 39.8 Å². The second-order valence-electron chi connectivity index (χ2n) is 2.58. The topological polar surface area (TPSA) is 38.0 Å². The van der Waals surface area contributed by atoms with Gasteiger partial charge in [0.25, 0.3) is 0 Å². The van der Waals surface area contributed by atoms with Crippen LogP contribution in [0.3, 0.4) is 0 Å². The highest BCUT2D eigenvalue weighted by Gasteiger charge is 2.05. The van der Waals surface area contributed by atoms with E-state index >= 15 is 0 Å². The Hall–Kier alpha value is -0.160. The molecule has 0 aromatic heterocycles. The highest BCUT2D eigenvalue weighted by atomic mass is 79.9. The predicted molar refractivity (Wildman–Crippen MR) is 62.1 cm³/mol. The van der Waals surface area contributed by atoms with Gasteiger partial charge in [-0.3, -0.25) is 5.84 Å². The molecule has 0 saturated heterocycles. The lowest BCUT2D eigenvalue weighted by Gasteiger charge is -2.12. The summed E-state index contributed by atoms with van der Waals surface area (Å²) in [4.78, 5) is 0. The fourth-order valence-corrected chi connectivity index (χ4v) is 2.38. The summed E-state index contributed by atoms with van der Waals surface area (Å²) in [7, 11) is 0. The van der Waals surface area contributed by atoms with E-state index < -0.39 is 0 Å². The molecule has 0 saturated carbocycles. The third kappa shape index (κ3) is 2.91. The average Bonchev–Trinajstić information content (AvgIpc) is 2.04. The first-order valence-electron chi connectivity index (χ1n) is 3.72. The molecule has 0 bridgehead atoms. The average molecular weight is 306 g/mol. The number of hydrazine groups is 1. The summed E-state index contributed by atoms with van der Waals surface area (Å²) < 4.78 is 2.03. The standard InChI is InChI=1S/C9H10Br2N2/c1-2-9(13-12)6-3-7(10)5-8(11)4-6/h2-5,9,13H,1,12H2. The van der Waals surface area contributed by atoms with Crippen LogP contribution in [0.1, 0.15) is 11.6 Å². The summed E-state index contributed by atoms with van der Waals surface area (Å²) >= 11 is 6.81. The van der Waals surface area contributed by atoms with Gasteiger partial charge in [0.05, 0.1) is 6.04 Å². The van der Waals surface area contributed by atoms with Crippen LogP contribution in [0, 0.1) is 0 Å². The molecule has 1 aromatic rings. The molecule has 3 N–H and O–H groups in total. The van der Waals surface area contributed by atoms with E-state index in [2.05, 4.69) is 43.9 Å². The second kappa shape index (κ2) is 4.91. The Morgan fingerprint density at radius 1 is 1.31 bits per heavy atom. The lowest BCUT2D eigenvalue weighted by atomic mass is 10.1. The van der Waals surface area contributed by atoms with Gasteiger partial charge in [0.15, 0.2) is 0 Å². The fourth-order valence-electron chi connectivity index (χ4n) is 1.06. The van der Waals surface area contributed by atoms with Gasteiger partial charge in [-0.2, -0.15) is 0 Å². The molecule has 0 aliphatic heterocycles. The quantitative estimate of drug-likeness (QED) is 0.512. The van der Waals surface area contributed by atoms with Crippen LogP contribution in [0.25, 0.3) is 0 Å². The van der Waals surface area contributed by atoms with Gasteiger partial charge in [-0.1, -0.05) is 37.9 Å². The second-order valence-corrected chi connectivity index (χ2v) is 4.41. The minimum Gasteiger partial charge on any atom is -0.271 e. The van der Waals surface area contributed by atoms with Crippen molar-refractivity contribution in [3.8, 4) is 0 Å². The molecule has 0 fully saturated rings. The minimum atomic E-state index is -0.0196. The lowest BCUT2D eigenvalue weighted by Crippen LogP contribution is -2.26. The molecule has 0 aliphatic carbocycles. The van der Waals surface area contributed by atoms with E-state index in [4.69, 9.17) is 5.84 Å². The predicted octanol–water partition coefficient (Wildman–Crippen LogP) is 2.90. The maximum absolute atomic E-state index is 5.36. The molecule has 1 unspecified atom stereocenters. The normalized spacial score (nSPS) is 12.5. The summed E-state index contributed by atoms with van der Waals surface area (Å²) in [6.45, 7) is 3.69. The Balaban J connectivity index is 3.05. The molecule has 13 heavy (non-hydrogen) atoms. The summed E-state index contributed by atoms with van der Waals surface area (Å²) in [6, 6.07) is 5.95. The Morgan fingerprint density at radius 2 is 1.85 bits per heavy atom. The summed E-state index contributed by atoms with van der Waals surface area (Å²) in [6.07, 6.45) is 1.76. The van der Waals surface area contributed by atoms with Crippen LogP contribution in [0.5, 0.6) is 0 Å². The number of hydrogen-bond donors (Lipinski definition) is 2. The molecular formula is C9H10Br2N2. The van der Waals surface area contributed by atoms with Crippen LogP contribution in [-0.2, 0) is 0 Å². The third-order valence-electron chi connectivity index (χ3n) is 1.66. The summed E-state index contributed by atoms with van der Waals surface area (Å²) in [5, 5.41) is 0. The number of rotatable bonds is 3. The molecule has 1 rings (SSSR count). The molecule has 0 radical (unpaired) electrons. The number of halogens is 2. The maximum atomic E-state index is 5.36. The van der Waals surface area contributed by atoms with Crippen molar-refractivity contribution in [2.45, 2.75) is 6.04 Å². The molecule has 0 spiro atoms. The van der Waals surface area contributed by atoms with Crippen LogP contribution in [-0.4, -0.2) is 0 Å². The summed E-state index contributed by atoms with van der Waals surface area (Å²) in [5.74, 6) is 5.36. The van der Waals surface area contributed by atoms with Crippen molar-refractivity contribution in [1.29, 1.82) is 0 Å². The van der Waals surface area contributed by atoms with Crippen molar-refractivity contribution in [1.82, 2.24) is 5.43 Å². The first kappa shape index (κ1) is 10.9. The highest BCUT2D eigenvalue weighted by molar-refractivity contribution is 9.11. The number of nitrogens with one attached hydrogen (secondary N) is 1. The van der Waals surface area contributed by atoms with E-state index in [0.717, 1.165) is 14.5 Å². The summed E-state index contributed by atoms with van der Waals surface area (Å²) in [5.41, 5.74) is 3.73.